The van der Waals surface area contributed by atoms with Crippen LogP contribution >= 0.6 is 0 Å². The number of ether oxygens (including phenoxy) is 2. The number of esters is 1. The normalized spacial score (nSPS) is 11.8. The number of nitrogens with one attached hydrogen (secondary N) is 1. The lowest BCUT2D eigenvalue weighted by molar-refractivity contribution is -0.137. The molecule has 152 valence electrons. The maximum Gasteiger partial charge on any atom is 0.407 e. The summed E-state index contributed by atoms with van der Waals surface area (Å²) in [5, 5.41) is 2.78. The van der Waals surface area contributed by atoms with Crippen molar-refractivity contribution >= 4 is 12.1 Å². The monoisotopic (exact) mass is 370 g/mol. The van der Waals surface area contributed by atoms with E-state index in [-0.39, 0.29) is 12.1 Å². The highest BCUT2D eigenvalue weighted by atomic mass is 16.6. The number of carbonyl (C=O) groups excluding carboxylic acids is 2. The minimum Gasteiger partial charge on any atom is -0.463 e. The van der Waals surface area contributed by atoms with Crippen molar-refractivity contribution in [3.8, 4) is 0 Å². The van der Waals surface area contributed by atoms with Crippen molar-refractivity contribution in [2.24, 2.45) is 0 Å². The zero-order valence-corrected chi connectivity index (χ0v) is 17.3. The molecule has 0 aromatic heterocycles. The number of hydrogen-bond donors (Lipinski definition) is 1. The molecule has 0 saturated heterocycles. The van der Waals surface area contributed by atoms with Crippen molar-refractivity contribution in [1.82, 2.24) is 10.2 Å². The molecule has 6 heteroatoms. The van der Waals surface area contributed by atoms with Crippen LogP contribution in [0.3, 0.4) is 0 Å². The highest BCUT2D eigenvalue weighted by Gasteiger charge is 2.15. The molecule has 26 heavy (non-hydrogen) atoms. The SMILES string of the molecule is CCOC(=O)/C=C/CN(C)CCCCCCCCNC(=O)OC(C)(C)C. The van der Waals surface area contributed by atoms with Crippen LogP contribution in [0.15, 0.2) is 12.2 Å². The third-order valence-electron chi connectivity index (χ3n) is 3.59. The summed E-state index contributed by atoms with van der Waals surface area (Å²) in [5.74, 6) is -0.276. The van der Waals surface area contributed by atoms with Crippen molar-refractivity contribution < 1.29 is 19.1 Å². The Morgan fingerprint density at radius 2 is 1.65 bits per heavy atom. The van der Waals surface area contributed by atoms with Crippen LogP contribution in [0.1, 0.15) is 66.2 Å². The lowest BCUT2D eigenvalue weighted by Crippen LogP contribution is -2.32. The summed E-state index contributed by atoms with van der Waals surface area (Å²) in [5.41, 5.74) is -0.439. The number of carbonyl (C=O) groups is 2. The van der Waals surface area contributed by atoms with Gasteiger partial charge in [0.2, 0.25) is 0 Å². The van der Waals surface area contributed by atoms with Gasteiger partial charge in [-0.25, -0.2) is 9.59 Å². The highest BCUT2D eigenvalue weighted by Crippen LogP contribution is 2.07. The molecule has 0 bridgehead atoms. The molecule has 0 rings (SSSR count). The molecule has 0 radical (unpaired) electrons. The quantitative estimate of drug-likeness (QED) is 0.302. The fourth-order valence-electron chi connectivity index (χ4n) is 2.33. The Hall–Kier alpha value is -1.56. The van der Waals surface area contributed by atoms with Crippen molar-refractivity contribution in [3.63, 3.8) is 0 Å². The largest absolute Gasteiger partial charge is 0.463 e. The van der Waals surface area contributed by atoms with Crippen molar-refractivity contribution in [1.29, 1.82) is 0 Å². The van der Waals surface area contributed by atoms with Gasteiger partial charge in [0, 0.05) is 19.2 Å². The summed E-state index contributed by atoms with van der Waals surface area (Å²) < 4.78 is 10.0. The van der Waals surface area contributed by atoms with E-state index in [0.717, 1.165) is 32.4 Å². The van der Waals surface area contributed by atoms with Crippen LogP contribution in [-0.4, -0.2) is 55.9 Å². The second kappa shape index (κ2) is 14.6. The van der Waals surface area contributed by atoms with E-state index in [1.165, 1.54) is 25.3 Å². The molecule has 6 nitrogen and oxygen atoms in total. The fraction of sp³-hybridized carbons (Fsp3) is 0.800. The van der Waals surface area contributed by atoms with Gasteiger partial charge in [-0.05, 0) is 54.1 Å². The topological polar surface area (TPSA) is 67.9 Å². The summed E-state index contributed by atoms with van der Waals surface area (Å²) in [7, 11) is 2.05. The number of hydrogen-bond acceptors (Lipinski definition) is 5. The summed E-state index contributed by atoms with van der Waals surface area (Å²) >= 11 is 0. The van der Waals surface area contributed by atoms with Crippen LogP contribution in [0, 0.1) is 0 Å². The van der Waals surface area contributed by atoms with E-state index in [9.17, 15) is 9.59 Å². The Morgan fingerprint density at radius 3 is 2.27 bits per heavy atom. The number of likely N-dealkylation sites (N-methyl/N-ethyl adjacent to an activating group) is 1. The van der Waals surface area contributed by atoms with Crippen LogP contribution in [-0.2, 0) is 14.3 Å². The van der Waals surface area contributed by atoms with Gasteiger partial charge in [-0.1, -0.05) is 31.8 Å². The molecule has 0 fully saturated rings. The van der Waals surface area contributed by atoms with E-state index in [2.05, 4.69) is 17.3 Å². The van der Waals surface area contributed by atoms with Gasteiger partial charge >= 0.3 is 12.1 Å². The first-order valence-electron chi connectivity index (χ1n) is 9.73. The predicted octanol–water partition coefficient (Wildman–Crippen LogP) is 3.90. The smallest absolute Gasteiger partial charge is 0.407 e. The number of amides is 1. The molecule has 0 spiro atoms. The molecular weight excluding hydrogens is 332 g/mol. The number of alkyl carbamates (subject to hydrolysis) is 1. The second-order valence-electron chi connectivity index (χ2n) is 7.47. The van der Waals surface area contributed by atoms with Gasteiger partial charge in [-0.2, -0.15) is 0 Å². The maximum absolute atomic E-state index is 11.5. The summed E-state index contributed by atoms with van der Waals surface area (Å²) in [4.78, 5) is 24.8. The molecule has 0 aliphatic carbocycles. The van der Waals surface area contributed by atoms with Crippen LogP contribution in [0.5, 0.6) is 0 Å². The third kappa shape index (κ3) is 17.3. The number of rotatable bonds is 13. The average molecular weight is 371 g/mol. The second-order valence-corrected chi connectivity index (χ2v) is 7.47. The summed E-state index contributed by atoms with van der Waals surface area (Å²) in [6.45, 7) is 10.3. The lowest BCUT2D eigenvalue weighted by atomic mass is 10.1. The Labute approximate surface area is 159 Å². The van der Waals surface area contributed by atoms with Crippen molar-refractivity contribution in [3.05, 3.63) is 12.2 Å². The Bertz CT molecular complexity index is 417. The van der Waals surface area contributed by atoms with E-state index in [1.807, 2.05) is 26.8 Å². The zero-order valence-electron chi connectivity index (χ0n) is 17.3. The Kier molecular flexibility index (Phi) is 13.7. The minimum absolute atomic E-state index is 0.276. The van der Waals surface area contributed by atoms with E-state index >= 15 is 0 Å². The molecular formula is C20H38N2O4. The molecule has 0 aliphatic rings. The molecule has 0 aromatic carbocycles. The van der Waals surface area contributed by atoms with E-state index in [1.54, 1.807) is 6.92 Å². The first-order valence-corrected chi connectivity index (χ1v) is 9.73. The van der Waals surface area contributed by atoms with Crippen LogP contribution < -0.4 is 5.32 Å². The van der Waals surface area contributed by atoms with Crippen molar-refractivity contribution in [2.75, 3.05) is 33.3 Å². The van der Waals surface area contributed by atoms with Crippen molar-refractivity contribution in [2.45, 2.75) is 71.8 Å². The molecule has 0 atom stereocenters. The fourth-order valence-corrected chi connectivity index (χ4v) is 2.33. The van der Waals surface area contributed by atoms with Gasteiger partial charge in [-0.15, -0.1) is 0 Å². The first kappa shape index (κ1) is 24.4. The van der Waals surface area contributed by atoms with E-state index in [4.69, 9.17) is 9.47 Å². The predicted molar refractivity (Wildman–Crippen MR) is 105 cm³/mol. The molecule has 1 amide bonds. The van der Waals surface area contributed by atoms with E-state index < -0.39 is 5.60 Å². The molecule has 0 unspecified atom stereocenters. The van der Waals surface area contributed by atoms with Crippen LogP contribution in [0.4, 0.5) is 4.79 Å². The zero-order chi connectivity index (χ0) is 19.8. The highest BCUT2D eigenvalue weighted by molar-refractivity contribution is 5.81. The number of unbranched alkanes of at least 4 members (excludes halogenated alkanes) is 5. The standard InChI is InChI=1S/C20H38N2O4/c1-6-25-18(23)14-13-17-22(5)16-12-10-8-7-9-11-15-21-19(24)26-20(2,3)4/h13-14H,6-12,15-17H2,1-5H3,(H,21,24)/b14-13+. The Balaban J connectivity index is 3.45. The van der Waals surface area contributed by atoms with Gasteiger partial charge < -0.3 is 19.7 Å². The van der Waals surface area contributed by atoms with E-state index in [0.29, 0.717) is 13.2 Å². The van der Waals surface area contributed by atoms with Crippen LogP contribution in [0.2, 0.25) is 0 Å². The molecule has 0 heterocycles. The van der Waals surface area contributed by atoms with Gasteiger partial charge in [-0.3, -0.25) is 0 Å². The summed E-state index contributed by atoms with van der Waals surface area (Å²) in [6.07, 6.45) is 9.84. The third-order valence-corrected chi connectivity index (χ3v) is 3.59. The van der Waals surface area contributed by atoms with Crippen LogP contribution in [0.25, 0.3) is 0 Å². The molecule has 0 aliphatic heterocycles. The first-order chi connectivity index (χ1) is 12.2. The number of nitrogens with zero attached hydrogens (tertiary/aromatic N) is 1. The lowest BCUT2D eigenvalue weighted by Gasteiger charge is -2.19. The average Bonchev–Trinajstić information content (AvgIpc) is 2.51. The summed E-state index contributed by atoms with van der Waals surface area (Å²) in [6, 6.07) is 0. The maximum atomic E-state index is 11.5. The molecule has 1 N–H and O–H groups in total. The van der Waals surface area contributed by atoms with Gasteiger partial charge in [0.25, 0.3) is 0 Å². The van der Waals surface area contributed by atoms with Gasteiger partial charge in [0.1, 0.15) is 5.60 Å². The van der Waals surface area contributed by atoms with Gasteiger partial charge in [0.05, 0.1) is 6.61 Å². The minimum atomic E-state index is -0.439. The molecule has 0 saturated carbocycles. The Morgan fingerprint density at radius 1 is 1.04 bits per heavy atom. The van der Waals surface area contributed by atoms with Gasteiger partial charge in [0.15, 0.2) is 0 Å². The molecule has 0 aromatic rings.